The summed E-state index contributed by atoms with van der Waals surface area (Å²) in [5.41, 5.74) is 5.88. The second-order valence-electron chi connectivity index (χ2n) is 13.5. The van der Waals surface area contributed by atoms with Crippen LogP contribution < -0.4 is 10.2 Å². The number of ether oxygens (including phenoxy) is 1. The van der Waals surface area contributed by atoms with E-state index in [9.17, 15) is 14.9 Å². The number of aromatic amines is 1. The fourth-order valence-corrected chi connectivity index (χ4v) is 7.20. The lowest BCUT2D eigenvalue weighted by molar-refractivity contribution is -0.481. The first kappa shape index (κ1) is 32.2. The number of nitrogens with one attached hydrogen (secondary N) is 2. The van der Waals surface area contributed by atoms with Crippen LogP contribution in [0, 0.1) is 17.0 Å². The van der Waals surface area contributed by atoms with Crippen molar-refractivity contribution in [3.05, 3.63) is 105 Å². The molecule has 2 heterocycles. The number of nitro groups is 1. The van der Waals surface area contributed by atoms with Crippen molar-refractivity contribution in [1.82, 2.24) is 4.98 Å². The molecule has 1 saturated heterocycles. The number of aromatic nitrogens is 1. The summed E-state index contributed by atoms with van der Waals surface area (Å²) in [5, 5.41) is 15.9. The van der Waals surface area contributed by atoms with Gasteiger partial charge in [-0.2, -0.15) is 0 Å². The highest BCUT2D eigenvalue weighted by atomic mass is 28.4. The molecular formula is C35H44N4O5Si. The number of fused-ring (bicyclic) bond motifs is 1. The predicted molar refractivity (Wildman–Crippen MR) is 182 cm³/mol. The Labute approximate surface area is 266 Å². The standard InChI is InChI=1S/C35H44N4O5Si/c1-24-28(13-10-14-32(24)37-34(40)43-23-25-11-8-7-9-12-25)31(22-39(41)42)30-20-36-33-19-26(15-16-29(30)33)38-18-17-27(21-38)44-45(5,6)35(2,3)4/h7-16,19-20,27,31,36H,17-18,21-23H2,1-6H3,(H,37,40). The minimum atomic E-state index is -1.85. The zero-order valence-electron chi connectivity index (χ0n) is 27.1. The van der Waals surface area contributed by atoms with Crippen LogP contribution in [-0.2, 0) is 15.8 Å². The number of carbonyl (C=O) groups excluding carboxylic acids is 1. The van der Waals surface area contributed by atoms with E-state index in [1.807, 2.05) is 55.6 Å². The smallest absolute Gasteiger partial charge is 0.411 e. The van der Waals surface area contributed by atoms with Crippen LogP contribution in [0.1, 0.15) is 55.4 Å². The van der Waals surface area contributed by atoms with E-state index in [-0.39, 0.29) is 29.2 Å². The Morgan fingerprint density at radius 3 is 2.58 bits per heavy atom. The Morgan fingerprint density at radius 2 is 1.87 bits per heavy atom. The van der Waals surface area contributed by atoms with Crippen LogP contribution in [0.15, 0.2) is 72.9 Å². The van der Waals surface area contributed by atoms with Crippen molar-refractivity contribution in [3.8, 4) is 0 Å². The van der Waals surface area contributed by atoms with Crippen molar-refractivity contribution >= 4 is 36.7 Å². The average molecular weight is 629 g/mol. The summed E-state index contributed by atoms with van der Waals surface area (Å²) in [7, 11) is -1.85. The van der Waals surface area contributed by atoms with Gasteiger partial charge in [0, 0.05) is 46.5 Å². The Balaban J connectivity index is 1.35. The van der Waals surface area contributed by atoms with Crippen molar-refractivity contribution in [2.75, 3.05) is 29.9 Å². The van der Waals surface area contributed by atoms with Gasteiger partial charge in [-0.1, -0.05) is 69.3 Å². The van der Waals surface area contributed by atoms with Gasteiger partial charge in [0.1, 0.15) is 6.61 Å². The minimum absolute atomic E-state index is 0.147. The van der Waals surface area contributed by atoms with Crippen molar-refractivity contribution < 1.29 is 18.9 Å². The maximum Gasteiger partial charge on any atom is 0.411 e. The van der Waals surface area contributed by atoms with E-state index in [1.165, 1.54) is 0 Å². The monoisotopic (exact) mass is 628 g/mol. The molecule has 10 heteroatoms. The van der Waals surface area contributed by atoms with Gasteiger partial charge in [-0.3, -0.25) is 15.4 Å². The molecule has 1 aliphatic rings. The molecule has 0 aliphatic carbocycles. The first-order valence-electron chi connectivity index (χ1n) is 15.5. The van der Waals surface area contributed by atoms with Gasteiger partial charge in [-0.05, 0) is 71.9 Å². The van der Waals surface area contributed by atoms with E-state index in [4.69, 9.17) is 9.16 Å². The maximum atomic E-state index is 12.6. The normalized spacial score (nSPS) is 16.1. The van der Waals surface area contributed by atoms with Crippen LogP contribution in [0.4, 0.5) is 16.2 Å². The largest absolute Gasteiger partial charge is 0.444 e. The molecule has 1 aromatic heterocycles. The summed E-state index contributed by atoms with van der Waals surface area (Å²) in [6.07, 6.45) is 2.51. The van der Waals surface area contributed by atoms with Crippen LogP contribution in [0.3, 0.4) is 0 Å². The molecule has 2 atom stereocenters. The molecule has 0 bridgehead atoms. The summed E-state index contributed by atoms with van der Waals surface area (Å²) >= 11 is 0. The molecule has 5 rings (SSSR count). The van der Waals surface area contributed by atoms with Crippen molar-refractivity contribution in [3.63, 3.8) is 0 Å². The fraction of sp³-hybridized carbons (Fsp3) is 0.400. The zero-order valence-corrected chi connectivity index (χ0v) is 28.1. The lowest BCUT2D eigenvalue weighted by Crippen LogP contribution is -2.44. The molecule has 9 nitrogen and oxygen atoms in total. The number of H-pyrrole nitrogens is 1. The summed E-state index contributed by atoms with van der Waals surface area (Å²) in [6.45, 7) is 14.9. The number of nitrogens with zero attached hydrogens (tertiary/aromatic N) is 2. The molecule has 238 valence electrons. The van der Waals surface area contributed by atoms with Crippen LogP contribution in [0.25, 0.3) is 10.9 Å². The lowest BCUT2D eigenvalue weighted by atomic mass is 9.87. The number of benzene rings is 3. The second kappa shape index (κ2) is 13.1. The third kappa shape index (κ3) is 7.40. The molecule has 1 fully saturated rings. The van der Waals surface area contributed by atoms with Crippen molar-refractivity contribution in [2.24, 2.45) is 0 Å². The van der Waals surface area contributed by atoms with Crippen molar-refractivity contribution in [1.29, 1.82) is 0 Å². The summed E-state index contributed by atoms with van der Waals surface area (Å²) in [6, 6.07) is 21.2. The number of hydrogen-bond acceptors (Lipinski definition) is 6. The van der Waals surface area contributed by atoms with Crippen LogP contribution in [-0.4, -0.2) is 50.1 Å². The number of carbonyl (C=O) groups is 1. The summed E-state index contributed by atoms with van der Waals surface area (Å²) in [5.74, 6) is -0.518. The molecule has 3 aromatic carbocycles. The Bertz CT molecular complexity index is 1660. The van der Waals surface area contributed by atoms with Gasteiger partial charge in [0.2, 0.25) is 6.54 Å². The first-order chi connectivity index (χ1) is 21.3. The lowest BCUT2D eigenvalue weighted by Gasteiger charge is -2.38. The minimum Gasteiger partial charge on any atom is -0.444 e. The third-order valence-electron chi connectivity index (χ3n) is 9.38. The molecule has 2 unspecified atom stereocenters. The van der Waals surface area contributed by atoms with E-state index in [2.05, 4.69) is 67.3 Å². The predicted octanol–water partition coefficient (Wildman–Crippen LogP) is 8.23. The number of hydrogen-bond donors (Lipinski definition) is 2. The third-order valence-corrected chi connectivity index (χ3v) is 13.9. The highest BCUT2D eigenvalue weighted by molar-refractivity contribution is 6.74. The molecule has 2 N–H and O–H groups in total. The topological polar surface area (TPSA) is 110 Å². The van der Waals surface area contributed by atoms with Crippen molar-refractivity contribution in [2.45, 2.75) is 70.9 Å². The summed E-state index contributed by atoms with van der Waals surface area (Å²) in [4.78, 5) is 30.0. The zero-order chi connectivity index (χ0) is 32.4. The van der Waals surface area contributed by atoms with Gasteiger partial charge in [-0.15, -0.1) is 0 Å². The molecular weight excluding hydrogens is 584 g/mol. The van der Waals surface area contributed by atoms with Crippen LogP contribution >= 0.6 is 0 Å². The van der Waals surface area contributed by atoms with Gasteiger partial charge >= 0.3 is 6.09 Å². The molecule has 0 spiro atoms. The Kier molecular flexibility index (Phi) is 9.36. The number of anilines is 2. The van der Waals surface area contributed by atoms with Crippen LogP contribution in [0.5, 0.6) is 0 Å². The molecule has 45 heavy (non-hydrogen) atoms. The highest BCUT2D eigenvalue weighted by Gasteiger charge is 2.40. The van der Waals surface area contributed by atoms with E-state index < -0.39 is 20.3 Å². The molecule has 0 radical (unpaired) electrons. The molecule has 1 amide bonds. The number of rotatable bonds is 10. The van der Waals surface area contributed by atoms with Gasteiger partial charge in [-0.25, -0.2) is 4.79 Å². The van der Waals surface area contributed by atoms with Gasteiger partial charge in [0.25, 0.3) is 0 Å². The molecule has 1 aliphatic heterocycles. The fourth-order valence-electron chi connectivity index (χ4n) is 5.82. The van der Waals surface area contributed by atoms with E-state index in [1.54, 1.807) is 6.07 Å². The van der Waals surface area contributed by atoms with E-state index in [0.29, 0.717) is 5.69 Å². The Hall–Kier alpha value is -4.15. The highest BCUT2D eigenvalue weighted by Crippen LogP contribution is 2.40. The number of amides is 1. The SMILES string of the molecule is Cc1c(NC(=O)OCc2ccccc2)cccc1C(C[N+](=O)[O-])c1c[nH]c2cc(N3CCC(O[Si](C)(C)C(C)(C)C)C3)ccc12. The quantitative estimate of drug-likeness (QED) is 0.104. The van der Waals surface area contributed by atoms with Crippen LogP contribution in [0.2, 0.25) is 18.1 Å². The molecule has 0 saturated carbocycles. The summed E-state index contributed by atoms with van der Waals surface area (Å²) < 4.78 is 12.1. The van der Waals surface area contributed by atoms with Gasteiger partial charge in [0.05, 0.1) is 12.0 Å². The van der Waals surface area contributed by atoms with E-state index in [0.717, 1.165) is 58.4 Å². The van der Waals surface area contributed by atoms with E-state index >= 15 is 0 Å². The average Bonchev–Trinajstić information content (AvgIpc) is 3.62. The molecule has 4 aromatic rings. The van der Waals surface area contributed by atoms with Gasteiger partial charge in [0.15, 0.2) is 8.32 Å². The first-order valence-corrected chi connectivity index (χ1v) is 18.5. The second-order valence-corrected chi connectivity index (χ2v) is 18.2. The maximum absolute atomic E-state index is 12.6. The Morgan fingerprint density at radius 1 is 1.11 bits per heavy atom. The van der Waals surface area contributed by atoms with Gasteiger partial charge < -0.3 is 19.0 Å².